The molecule has 0 saturated carbocycles. The minimum Gasteiger partial charge on any atom is -0.483 e. The molecule has 5 heteroatoms. The molecule has 1 rings (SSSR count). The van der Waals surface area contributed by atoms with E-state index < -0.39 is 0 Å². The molecule has 2 amide bonds. The first-order valence-corrected chi connectivity index (χ1v) is 7.01. The Labute approximate surface area is 126 Å². The van der Waals surface area contributed by atoms with Crippen molar-refractivity contribution in [1.29, 1.82) is 0 Å². The third-order valence-electron chi connectivity index (χ3n) is 3.17. The lowest BCUT2D eigenvalue weighted by Gasteiger charge is -2.13. The molecule has 0 aliphatic carbocycles. The Bertz CT molecular complexity index is 510. The normalized spacial score (nSPS) is 10.4. The summed E-state index contributed by atoms with van der Waals surface area (Å²) >= 11 is 0. The predicted molar refractivity (Wildman–Crippen MR) is 82.5 cm³/mol. The highest BCUT2D eigenvalue weighted by molar-refractivity contribution is 5.85. The van der Waals surface area contributed by atoms with Crippen LogP contribution in [0.2, 0.25) is 0 Å². The van der Waals surface area contributed by atoms with Gasteiger partial charge >= 0.3 is 0 Å². The molecule has 1 aromatic carbocycles. The van der Waals surface area contributed by atoms with Crippen molar-refractivity contribution in [3.63, 3.8) is 0 Å². The number of hydrogen-bond acceptors (Lipinski definition) is 3. The fraction of sp³-hybridized carbons (Fsp3) is 0.500. The molecule has 1 N–H and O–H groups in total. The zero-order valence-electron chi connectivity index (χ0n) is 13.4. The molecular weight excluding hydrogens is 268 g/mol. The van der Waals surface area contributed by atoms with Crippen LogP contribution in [0.15, 0.2) is 18.2 Å². The smallest absolute Gasteiger partial charge is 0.258 e. The molecule has 5 nitrogen and oxygen atoms in total. The van der Waals surface area contributed by atoms with Gasteiger partial charge in [0.15, 0.2) is 6.61 Å². The van der Waals surface area contributed by atoms with E-state index in [-0.39, 0.29) is 25.0 Å². The van der Waals surface area contributed by atoms with E-state index in [9.17, 15) is 9.59 Å². The van der Waals surface area contributed by atoms with Crippen LogP contribution in [0, 0.1) is 6.92 Å². The van der Waals surface area contributed by atoms with Gasteiger partial charge in [0.2, 0.25) is 5.91 Å². The molecule has 1 aromatic rings. The third kappa shape index (κ3) is 5.45. The Hall–Kier alpha value is -2.04. The average molecular weight is 292 g/mol. The second-order valence-corrected chi connectivity index (χ2v) is 5.53. The van der Waals surface area contributed by atoms with Gasteiger partial charge in [0.1, 0.15) is 5.75 Å². The molecule has 21 heavy (non-hydrogen) atoms. The largest absolute Gasteiger partial charge is 0.483 e. The van der Waals surface area contributed by atoms with E-state index in [1.807, 2.05) is 19.1 Å². The van der Waals surface area contributed by atoms with Crippen LogP contribution < -0.4 is 10.1 Å². The van der Waals surface area contributed by atoms with Crippen LogP contribution in [-0.2, 0) is 9.59 Å². The molecule has 0 heterocycles. The number of hydrogen-bond donors (Lipinski definition) is 1. The van der Waals surface area contributed by atoms with E-state index in [0.29, 0.717) is 11.7 Å². The second-order valence-electron chi connectivity index (χ2n) is 5.53. The lowest BCUT2D eigenvalue weighted by molar-refractivity contribution is -0.131. The third-order valence-corrected chi connectivity index (χ3v) is 3.17. The van der Waals surface area contributed by atoms with Crippen molar-refractivity contribution in [2.45, 2.75) is 26.7 Å². The first kappa shape index (κ1) is 17.0. The molecule has 116 valence electrons. The van der Waals surface area contributed by atoms with Gasteiger partial charge in [-0.05, 0) is 30.0 Å². The monoisotopic (exact) mass is 292 g/mol. The van der Waals surface area contributed by atoms with Crippen molar-refractivity contribution >= 4 is 11.8 Å². The van der Waals surface area contributed by atoms with E-state index >= 15 is 0 Å². The van der Waals surface area contributed by atoms with E-state index in [2.05, 4.69) is 25.2 Å². The van der Waals surface area contributed by atoms with Gasteiger partial charge in [-0.15, -0.1) is 0 Å². The van der Waals surface area contributed by atoms with Crippen molar-refractivity contribution in [3.05, 3.63) is 29.3 Å². The molecular formula is C16H24N2O3. The number of ether oxygens (including phenoxy) is 1. The Morgan fingerprint density at radius 1 is 1.29 bits per heavy atom. The summed E-state index contributed by atoms with van der Waals surface area (Å²) in [5.41, 5.74) is 2.15. The molecule has 0 spiro atoms. The lowest BCUT2D eigenvalue weighted by Crippen LogP contribution is -2.38. The summed E-state index contributed by atoms with van der Waals surface area (Å²) < 4.78 is 5.55. The summed E-state index contributed by atoms with van der Waals surface area (Å²) in [6, 6.07) is 6.00. The highest BCUT2D eigenvalue weighted by atomic mass is 16.5. The van der Waals surface area contributed by atoms with Crippen molar-refractivity contribution < 1.29 is 14.3 Å². The van der Waals surface area contributed by atoms with Crippen molar-refractivity contribution in [1.82, 2.24) is 10.2 Å². The molecule has 0 atom stereocenters. The number of aryl methyl sites for hydroxylation is 1. The zero-order valence-corrected chi connectivity index (χ0v) is 13.4. The maximum Gasteiger partial charge on any atom is 0.258 e. The second kappa shape index (κ2) is 7.67. The zero-order chi connectivity index (χ0) is 16.0. The summed E-state index contributed by atoms with van der Waals surface area (Å²) in [6.45, 7) is 6.04. The van der Waals surface area contributed by atoms with Crippen molar-refractivity contribution in [2.75, 3.05) is 27.2 Å². The number of benzene rings is 1. The number of nitrogens with one attached hydrogen (secondary N) is 1. The van der Waals surface area contributed by atoms with Crippen molar-refractivity contribution in [2.24, 2.45) is 0 Å². The topological polar surface area (TPSA) is 58.6 Å². The molecule has 0 bridgehead atoms. The van der Waals surface area contributed by atoms with Crippen LogP contribution in [-0.4, -0.2) is 44.0 Å². The number of amides is 2. The summed E-state index contributed by atoms with van der Waals surface area (Å²) in [5, 5.41) is 2.54. The van der Waals surface area contributed by atoms with Crippen LogP contribution in [0.4, 0.5) is 0 Å². The SMILES string of the molecule is Cc1ccc(C(C)C)cc1OCC(=O)NCC(=O)N(C)C. The van der Waals surface area contributed by atoms with Gasteiger partial charge in [-0.2, -0.15) is 0 Å². The molecule has 0 aliphatic rings. The van der Waals surface area contributed by atoms with Crippen LogP contribution in [0.3, 0.4) is 0 Å². The van der Waals surface area contributed by atoms with Crippen LogP contribution in [0.1, 0.15) is 30.9 Å². The van der Waals surface area contributed by atoms with E-state index in [4.69, 9.17) is 4.74 Å². The average Bonchev–Trinajstić information content (AvgIpc) is 2.43. The van der Waals surface area contributed by atoms with Gasteiger partial charge in [-0.3, -0.25) is 9.59 Å². The Morgan fingerprint density at radius 3 is 2.52 bits per heavy atom. The number of rotatable bonds is 6. The molecule has 0 radical (unpaired) electrons. The van der Waals surface area contributed by atoms with E-state index in [1.54, 1.807) is 14.1 Å². The molecule has 0 aliphatic heterocycles. The Morgan fingerprint density at radius 2 is 1.95 bits per heavy atom. The van der Waals surface area contributed by atoms with Gasteiger partial charge in [0.05, 0.1) is 6.54 Å². The maximum atomic E-state index is 11.7. The molecule has 0 aromatic heterocycles. The number of carbonyl (C=O) groups excluding carboxylic acids is 2. The molecule has 0 unspecified atom stereocenters. The van der Waals surface area contributed by atoms with Crippen molar-refractivity contribution in [3.8, 4) is 5.75 Å². The van der Waals surface area contributed by atoms with Gasteiger partial charge < -0.3 is 15.0 Å². The van der Waals surface area contributed by atoms with Gasteiger partial charge in [-0.1, -0.05) is 26.0 Å². The lowest BCUT2D eigenvalue weighted by atomic mass is 10.0. The van der Waals surface area contributed by atoms with Crippen LogP contribution >= 0.6 is 0 Å². The summed E-state index contributed by atoms with van der Waals surface area (Å²) in [5.74, 6) is 0.649. The molecule has 0 saturated heterocycles. The predicted octanol–water partition coefficient (Wildman–Crippen LogP) is 1.70. The summed E-state index contributed by atoms with van der Waals surface area (Å²) in [7, 11) is 3.29. The quantitative estimate of drug-likeness (QED) is 0.868. The highest BCUT2D eigenvalue weighted by Crippen LogP contribution is 2.24. The number of nitrogens with zero attached hydrogens (tertiary/aromatic N) is 1. The van der Waals surface area contributed by atoms with Crippen LogP contribution in [0.25, 0.3) is 0 Å². The Kier molecular flexibility index (Phi) is 6.21. The van der Waals surface area contributed by atoms with E-state index in [1.165, 1.54) is 10.5 Å². The van der Waals surface area contributed by atoms with E-state index in [0.717, 1.165) is 5.56 Å². The Balaban J connectivity index is 2.53. The highest BCUT2D eigenvalue weighted by Gasteiger charge is 2.09. The number of carbonyl (C=O) groups is 2. The summed E-state index contributed by atoms with van der Waals surface area (Å²) in [6.07, 6.45) is 0. The minimum atomic E-state index is -0.306. The van der Waals surface area contributed by atoms with Gasteiger partial charge in [0.25, 0.3) is 5.91 Å². The number of likely N-dealkylation sites (N-methyl/N-ethyl adjacent to an activating group) is 1. The molecule has 0 fully saturated rings. The first-order valence-electron chi connectivity index (χ1n) is 7.01. The van der Waals surface area contributed by atoms with Crippen LogP contribution in [0.5, 0.6) is 5.75 Å². The fourth-order valence-electron chi connectivity index (χ4n) is 1.66. The fourth-order valence-corrected chi connectivity index (χ4v) is 1.66. The summed E-state index contributed by atoms with van der Waals surface area (Å²) in [4.78, 5) is 24.5. The minimum absolute atomic E-state index is 0.0137. The van der Waals surface area contributed by atoms with Gasteiger partial charge in [0, 0.05) is 14.1 Å². The first-order chi connectivity index (χ1) is 9.81. The van der Waals surface area contributed by atoms with Gasteiger partial charge in [-0.25, -0.2) is 0 Å². The maximum absolute atomic E-state index is 11.7. The standard InChI is InChI=1S/C16H24N2O3/c1-11(2)13-7-6-12(3)14(8-13)21-10-15(19)17-9-16(20)18(4)5/h6-8,11H,9-10H2,1-5H3,(H,17,19).